The van der Waals surface area contributed by atoms with Gasteiger partial charge in [-0.2, -0.15) is 0 Å². The first-order valence-corrected chi connectivity index (χ1v) is 9.29. The van der Waals surface area contributed by atoms with Crippen LogP contribution >= 0.6 is 0 Å². The molecule has 4 rings (SSSR count). The molecular weight excluding hydrogens is 356 g/mol. The van der Waals surface area contributed by atoms with E-state index in [0.717, 1.165) is 5.56 Å². The number of allylic oxidation sites excluding steroid dienone is 1. The Kier molecular flexibility index (Phi) is 4.38. The van der Waals surface area contributed by atoms with Gasteiger partial charge in [0, 0.05) is 22.3 Å². The standard InChI is InChI=1S/C23H20O5/c1-4-28-23(26)16-11-12(2)10-13-8-9-15-20(18(13)16)22(25)14-6-5-7-17(27-3)19(14)21(15)24/h5-9,11-12H,4,10H2,1-3H3. The predicted octanol–water partition coefficient (Wildman–Crippen LogP) is 3.61. The Labute approximate surface area is 163 Å². The lowest BCUT2D eigenvalue weighted by molar-refractivity contribution is -0.136. The van der Waals surface area contributed by atoms with Gasteiger partial charge in [0.25, 0.3) is 0 Å². The number of ether oxygens (including phenoxy) is 2. The summed E-state index contributed by atoms with van der Waals surface area (Å²) >= 11 is 0. The molecule has 5 nitrogen and oxygen atoms in total. The van der Waals surface area contributed by atoms with Crippen molar-refractivity contribution >= 4 is 23.1 Å². The average molecular weight is 376 g/mol. The van der Waals surface area contributed by atoms with E-state index in [1.807, 2.05) is 19.1 Å². The molecule has 0 aromatic heterocycles. The summed E-state index contributed by atoms with van der Waals surface area (Å²) in [6, 6.07) is 8.50. The van der Waals surface area contributed by atoms with Crippen LogP contribution in [0, 0.1) is 5.92 Å². The molecule has 142 valence electrons. The number of hydrogen-bond donors (Lipinski definition) is 0. The molecule has 28 heavy (non-hydrogen) atoms. The van der Waals surface area contributed by atoms with Crippen LogP contribution < -0.4 is 4.74 Å². The van der Waals surface area contributed by atoms with Crippen molar-refractivity contribution in [3.8, 4) is 5.75 Å². The molecule has 2 aliphatic rings. The molecular formula is C23H20O5. The molecule has 2 aromatic rings. The highest BCUT2D eigenvalue weighted by Gasteiger charge is 2.37. The number of hydrogen-bond acceptors (Lipinski definition) is 5. The van der Waals surface area contributed by atoms with Crippen LogP contribution in [0.4, 0.5) is 0 Å². The first kappa shape index (κ1) is 18.2. The normalized spacial score (nSPS) is 17.2. The summed E-state index contributed by atoms with van der Waals surface area (Å²) in [6.45, 7) is 3.99. The minimum Gasteiger partial charge on any atom is -0.496 e. The van der Waals surface area contributed by atoms with E-state index in [1.165, 1.54) is 7.11 Å². The van der Waals surface area contributed by atoms with Gasteiger partial charge in [-0.1, -0.05) is 31.2 Å². The maximum atomic E-state index is 13.4. The Hall–Kier alpha value is -3.21. The minimum atomic E-state index is -0.472. The molecule has 0 fully saturated rings. The van der Waals surface area contributed by atoms with Gasteiger partial charge in [-0.05, 0) is 37.0 Å². The van der Waals surface area contributed by atoms with Crippen LogP contribution in [-0.2, 0) is 16.0 Å². The Morgan fingerprint density at radius 1 is 1.04 bits per heavy atom. The van der Waals surface area contributed by atoms with Crippen LogP contribution in [0.25, 0.3) is 5.57 Å². The number of carbonyl (C=O) groups is 3. The zero-order valence-electron chi connectivity index (χ0n) is 16.0. The third-order valence-electron chi connectivity index (χ3n) is 5.24. The van der Waals surface area contributed by atoms with Gasteiger partial charge in [-0.15, -0.1) is 0 Å². The van der Waals surface area contributed by atoms with Crippen molar-refractivity contribution in [3.05, 3.63) is 69.8 Å². The Morgan fingerprint density at radius 3 is 2.46 bits per heavy atom. The van der Waals surface area contributed by atoms with Crippen molar-refractivity contribution in [2.24, 2.45) is 5.92 Å². The molecule has 0 radical (unpaired) electrons. The lowest BCUT2D eigenvalue weighted by Gasteiger charge is -2.27. The molecule has 2 aromatic carbocycles. The van der Waals surface area contributed by atoms with Gasteiger partial charge in [0.2, 0.25) is 0 Å². The average Bonchev–Trinajstić information content (AvgIpc) is 2.70. The summed E-state index contributed by atoms with van der Waals surface area (Å²) in [7, 11) is 1.47. The van der Waals surface area contributed by atoms with Crippen molar-refractivity contribution < 1.29 is 23.9 Å². The fraction of sp³-hybridized carbons (Fsp3) is 0.261. The smallest absolute Gasteiger partial charge is 0.338 e. The van der Waals surface area contributed by atoms with Crippen molar-refractivity contribution in [2.45, 2.75) is 20.3 Å². The molecule has 0 amide bonds. The van der Waals surface area contributed by atoms with E-state index in [-0.39, 0.29) is 35.2 Å². The van der Waals surface area contributed by atoms with Gasteiger partial charge >= 0.3 is 5.97 Å². The summed E-state index contributed by atoms with van der Waals surface area (Å²) in [5, 5.41) is 0. The van der Waals surface area contributed by atoms with E-state index in [0.29, 0.717) is 34.4 Å². The van der Waals surface area contributed by atoms with E-state index >= 15 is 0 Å². The number of rotatable bonds is 3. The summed E-state index contributed by atoms with van der Waals surface area (Å²) in [5.74, 6) is -0.516. The van der Waals surface area contributed by atoms with Crippen molar-refractivity contribution in [1.29, 1.82) is 0 Å². The second-order valence-electron chi connectivity index (χ2n) is 7.05. The van der Waals surface area contributed by atoms with E-state index in [9.17, 15) is 14.4 Å². The van der Waals surface area contributed by atoms with Gasteiger partial charge in [-0.3, -0.25) is 9.59 Å². The van der Waals surface area contributed by atoms with Gasteiger partial charge in [0.05, 0.1) is 24.9 Å². The van der Waals surface area contributed by atoms with Crippen LogP contribution in [0.1, 0.15) is 56.8 Å². The van der Waals surface area contributed by atoms with E-state index in [2.05, 4.69) is 0 Å². The number of fused-ring (bicyclic) bond motifs is 4. The number of carbonyl (C=O) groups excluding carboxylic acids is 3. The number of benzene rings is 2. The SMILES string of the molecule is CCOC(=O)C1=CC(C)Cc2ccc3c(c21)C(=O)c1cccc(OC)c1C3=O. The quantitative estimate of drug-likeness (QED) is 0.653. The predicted molar refractivity (Wildman–Crippen MR) is 104 cm³/mol. The fourth-order valence-corrected chi connectivity index (χ4v) is 4.10. The molecule has 1 unspecified atom stereocenters. The molecule has 0 N–H and O–H groups in total. The van der Waals surface area contributed by atoms with Crippen LogP contribution in [0.5, 0.6) is 5.75 Å². The molecule has 0 saturated carbocycles. The Morgan fingerprint density at radius 2 is 1.75 bits per heavy atom. The molecule has 0 bridgehead atoms. The first-order valence-electron chi connectivity index (χ1n) is 9.29. The summed E-state index contributed by atoms with van der Waals surface area (Å²) < 4.78 is 10.5. The van der Waals surface area contributed by atoms with Gasteiger partial charge in [0.15, 0.2) is 11.6 Å². The van der Waals surface area contributed by atoms with Crippen molar-refractivity contribution in [2.75, 3.05) is 13.7 Å². The lowest BCUT2D eigenvalue weighted by Crippen LogP contribution is -2.26. The second-order valence-corrected chi connectivity index (χ2v) is 7.05. The first-order chi connectivity index (χ1) is 13.5. The molecule has 0 spiro atoms. The largest absolute Gasteiger partial charge is 0.496 e. The van der Waals surface area contributed by atoms with Gasteiger partial charge < -0.3 is 9.47 Å². The van der Waals surface area contributed by atoms with Crippen LogP contribution in [0.2, 0.25) is 0 Å². The zero-order chi connectivity index (χ0) is 20.0. The van der Waals surface area contributed by atoms with Crippen LogP contribution in [0.3, 0.4) is 0 Å². The van der Waals surface area contributed by atoms with E-state index < -0.39 is 5.97 Å². The van der Waals surface area contributed by atoms with Crippen molar-refractivity contribution in [1.82, 2.24) is 0 Å². The summed E-state index contributed by atoms with van der Waals surface area (Å²) in [6.07, 6.45) is 2.53. The minimum absolute atomic E-state index is 0.131. The fourth-order valence-electron chi connectivity index (χ4n) is 4.10. The third-order valence-corrected chi connectivity index (χ3v) is 5.24. The molecule has 1 atom stereocenters. The number of methoxy groups -OCH3 is 1. The van der Waals surface area contributed by atoms with Gasteiger partial charge in [-0.25, -0.2) is 4.79 Å². The summed E-state index contributed by atoms with van der Waals surface area (Å²) in [5.41, 5.74) is 2.92. The molecule has 5 heteroatoms. The monoisotopic (exact) mass is 376 g/mol. The number of esters is 1. The zero-order valence-corrected chi connectivity index (χ0v) is 16.0. The topological polar surface area (TPSA) is 69.7 Å². The lowest BCUT2D eigenvalue weighted by atomic mass is 9.75. The summed E-state index contributed by atoms with van der Waals surface area (Å²) in [4.78, 5) is 39.3. The molecule has 0 saturated heterocycles. The Bertz CT molecular complexity index is 1060. The van der Waals surface area contributed by atoms with Crippen LogP contribution in [0.15, 0.2) is 36.4 Å². The highest BCUT2D eigenvalue weighted by molar-refractivity contribution is 6.32. The van der Waals surface area contributed by atoms with Gasteiger partial charge in [0.1, 0.15) is 5.75 Å². The molecule has 2 aliphatic carbocycles. The van der Waals surface area contributed by atoms with E-state index in [4.69, 9.17) is 9.47 Å². The van der Waals surface area contributed by atoms with Crippen molar-refractivity contribution in [3.63, 3.8) is 0 Å². The second kappa shape index (κ2) is 6.75. The van der Waals surface area contributed by atoms with E-state index in [1.54, 1.807) is 31.2 Å². The highest BCUT2D eigenvalue weighted by Crippen LogP contribution is 2.40. The third kappa shape index (κ3) is 2.58. The highest BCUT2D eigenvalue weighted by atomic mass is 16.5. The number of ketones is 2. The van der Waals surface area contributed by atoms with Crippen LogP contribution in [-0.4, -0.2) is 31.3 Å². The molecule has 0 aliphatic heterocycles. The Balaban J connectivity index is 1.98. The maximum Gasteiger partial charge on any atom is 0.338 e. The molecule has 0 heterocycles. The maximum absolute atomic E-state index is 13.4.